The summed E-state index contributed by atoms with van der Waals surface area (Å²) in [7, 11) is -3.48. The fraction of sp³-hybridized carbons (Fsp3) is 0.600. The molecule has 0 aromatic carbocycles. The Morgan fingerprint density at radius 1 is 1.44 bits per heavy atom. The molecular formula is C10H16N2O3S. The lowest BCUT2D eigenvalue weighted by atomic mass is 10.0. The van der Waals surface area contributed by atoms with Crippen molar-refractivity contribution in [1.82, 2.24) is 9.71 Å². The van der Waals surface area contributed by atoms with Gasteiger partial charge < -0.3 is 10.1 Å². The Labute approximate surface area is 94.9 Å². The van der Waals surface area contributed by atoms with Crippen LogP contribution in [0.15, 0.2) is 23.4 Å². The van der Waals surface area contributed by atoms with Gasteiger partial charge in [0.2, 0.25) is 10.0 Å². The van der Waals surface area contributed by atoms with Crippen molar-refractivity contribution < 1.29 is 13.5 Å². The van der Waals surface area contributed by atoms with Gasteiger partial charge in [-0.25, -0.2) is 13.1 Å². The number of aromatic nitrogens is 1. The Morgan fingerprint density at radius 3 is 2.69 bits per heavy atom. The summed E-state index contributed by atoms with van der Waals surface area (Å²) in [5.74, 6) is 0. The highest BCUT2D eigenvalue weighted by atomic mass is 32.2. The quantitative estimate of drug-likeness (QED) is 0.725. The first-order valence-corrected chi connectivity index (χ1v) is 6.85. The predicted octanol–water partition coefficient (Wildman–Crippen LogP) is 0.598. The predicted molar refractivity (Wildman–Crippen MR) is 59.4 cm³/mol. The number of sulfonamides is 1. The third kappa shape index (κ3) is 2.45. The van der Waals surface area contributed by atoms with Gasteiger partial charge in [-0.2, -0.15) is 0 Å². The van der Waals surface area contributed by atoms with E-state index >= 15 is 0 Å². The normalized spacial score (nSPS) is 20.1. The molecule has 0 atom stereocenters. The monoisotopic (exact) mass is 244 g/mol. The molecule has 6 heteroatoms. The molecule has 1 fully saturated rings. The van der Waals surface area contributed by atoms with E-state index in [9.17, 15) is 13.5 Å². The molecule has 1 aromatic rings. The Morgan fingerprint density at radius 2 is 2.12 bits per heavy atom. The average molecular weight is 244 g/mol. The van der Waals surface area contributed by atoms with Crippen molar-refractivity contribution in [3.8, 4) is 0 Å². The van der Waals surface area contributed by atoms with E-state index in [2.05, 4.69) is 9.71 Å². The van der Waals surface area contributed by atoms with E-state index in [-0.39, 0.29) is 11.4 Å². The van der Waals surface area contributed by atoms with Crippen LogP contribution in [-0.4, -0.2) is 30.7 Å². The van der Waals surface area contributed by atoms with Gasteiger partial charge in [0.05, 0.1) is 10.5 Å². The molecule has 16 heavy (non-hydrogen) atoms. The van der Waals surface area contributed by atoms with Crippen molar-refractivity contribution in [2.75, 3.05) is 6.54 Å². The molecule has 1 saturated carbocycles. The van der Waals surface area contributed by atoms with Crippen LogP contribution in [0.3, 0.4) is 0 Å². The zero-order chi connectivity index (χ0) is 11.6. The van der Waals surface area contributed by atoms with Gasteiger partial charge in [-0.05, 0) is 18.9 Å². The topological polar surface area (TPSA) is 82.2 Å². The van der Waals surface area contributed by atoms with E-state index in [0.29, 0.717) is 12.8 Å². The molecule has 0 amide bonds. The molecule has 0 aliphatic heterocycles. The molecule has 90 valence electrons. The van der Waals surface area contributed by atoms with Crippen molar-refractivity contribution in [1.29, 1.82) is 0 Å². The first kappa shape index (κ1) is 11.6. The largest absolute Gasteiger partial charge is 0.389 e. The first-order chi connectivity index (χ1) is 7.52. The van der Waals surface area contributed by atoms with Gasteiger partial charge in [0, 0.05) is 18.9 Å². The summed E-state index contributed by atoms with van der Waals surface area (Å²) in [4.78, 5) is 2.89. The summed E-state index contributed by atoms with van der Waals surface area (Å²) in [5.41, 5.74) is -0.858. The van der Waals surface area contributed by atoms with E-state index < -0.39 is 15.6 Å². The zero-order valence-electron chi connectivity index (χ0n) is 8.94. The number of H-pyrrole nitrogens is 1. The number of nitrogens with one attached hydrogen (secondary N) is 2. The molecule has 0 radical (unpaired) electrons. The fourth-order valence-corrected chi connectivity index (χ4v) is 3.09. The van der Waals surface area contributed by atoms with E-state index in [4.69, 9.17) is 0 Å². The second-order valence-corrected chi connectivity index (χ2v) is 6.07. The Balaban J connectivity index is 2.00. The van der Waals surface area contributed by atoms with Gasteiger partial charge in [0.15, 0.2) is 0 Å². The van der Waals surface area contributed by atoms with Gasteiger partial charge in [0.25, 0.3) is 0 Å². The Kier molecular flexibility index (Phi) is 3.05. The molecule has 0 spiro atoms. The minimum atomic E-state index is -3.48. The Hall–Kier alpha value is -0.850. The molecule has 1 heterocycles. The first-order valence-electron chi connectivity index (χ1n) is 5.37. The summed E-state index contributed by atoms with van der Waals surface area (Å²) in [6.07, 6.45) is 6.23. The van der Waals surface area contributed by atoms with Crippen LogP contribution in [0.5, 0.6) is 0 Å². The van der Waals surface area contributed by atoms with Crippen LogP contribution in [0.4, 0.5) is 0 Å². The SMILES string of the molecule is O=S(=O)(NCC1(O)CCCC1)c1cc[nH]c1. The molecule has 0 unspecified atom stereocenters. The van der Waals surface area contributed by atoms with Gasteiger partial charge in [-0.1, -0.05) is 12.8 Å². The van der Waals surface area contributed by atoms with Gasteiger partial charge in [-0.3, -0.25) is 0 Å². The van der Waals surface area contributed by atoms with Crippen molar-refractivity contribution in [3.63, 3.8) is 0 Å². The molecule has 1 aliphatic rings. The van der Waals surface area contributed by atoms with E-state index in [1.807, 2.05) is 0 Å². The number of aliphatic hydroxyl groups is 1. The van der Waals surface area contributed by atoms with E-state index in [1.54, 1.807) is 6.20 Å². The summed E-state index contributed by atoms with van der Waals surface area (Å²) >= 11 is 0. The fourth-order valence-electron chi connectivity index (χ4n) is 2.00. The zero-order valence-corrected chi connectivity index (χ0v) is 9.76. The number of hydrogen-bond acceptors (Lipinski definition) is 3. The second-order valence-electron chi connectivity index (χ2n) is 4.30. The highest BCUT2D eigenvalue weighted by molar-refractivity contribution is 7.89. The number of hydrogen-bond donors (Lipinski definition) is 3. The third-order valence-electron chi connectivity index (χ3n) is 3.01. The highest BCUT2D eigenvalue weighted by Crippen LogP contribution is 2.28. The van der Waals surface area contributed by atoms with Crippen LogP contribution in [0.1, 0.15) is 25.7 Å². The van der Waals surface area contributed by atoms with Gasteiger partial charge in [0.1, 0.15) is 0 Å². The van der Waals surface area contributed by atoms with Crippen LogP contribution >= 0.6 is 0 Å². The summed E-state index contributed by atoms with van der Waals surface area (Å²) in [6.45, 7) is 0.0977. The van der Waals surface area contributed by atoms with Crippen LogP contribution in [0, 0.1) is 0 Å². The smallest absolute Gasteiger partial charge is 0.242 e. The number of aromatic amines is 1. The maximum atomic E-state index is 11.7. The molecule has 1 aliphatic carbocycles. The summed E-state index contributed by atoms with van der Waals surface area (Å²) in [6, 6.07) is 1.49. The van der Waals surface area contributed by atoms with Crippen LogP contribution in [-0.2, 0) is 10.0 Å². The molecule has 0 saturated heterocycles. The standard InChI is InChI=1S/C10H16N2O3S/c13-10(4-1-2-5-10)8-12-16(14,15)9-3-6-11-7-9/h3,6-7,11-13H,1-2,4-5,8H2. The van der Waals surface area contributed by atoms with Crippen molar-refractivity contribution in [3.05, 3.63) is 18.5 Å². The molecule has 0 bridgehead atoms. The lowest BCUT2D eigenvalue weighted by molar-refractivity contribution is 0.0532. The second kappa shape index (κ2) is 4.20. The molecule has 2 rings (SSSR count). The minimum absolute atomic E-state index is 0.0977. The molecule has 5 nitrogen and oxygen atoms in total. The van der Waals surface area contributed by atoms with E-state index in [1.165, 1.54) is 12.3 Å². The van der Waals surface area contributed by atoms with Crippen LogP contribution < -0.4 is 4.72 Å². The molecular weight excluding hydrogens is 228 g/mol. The van der Waals surface area contributed by atoms with Crippen molar-refractivity contribution >= 4 is 10.0 Å². The molecule has 1 aromatic heterocycles. The maximum absolute atomic E-state index is 11.7. The van der Waals surface area contributed by atoms with Crippen molar-refractivity contribution in [2.24, 2.45) is 0 Å². The third-order valence-corrected chi connectivity index (χ3v) is 4.40. The average Bonchev–Trinajstić information content (AvgIpc) is 2.86. The van der Waals surface area contributed by atoms with Gasteiger partial charge in [-0.15, -0.1) is 0 Å². The number of rotatable bonds is 4. The lowest BCUT2D eigenvalue weighted by Crippen LogP contribution is -2.40. The Bertz CT molecular complexity index is 433. The maximum Gasteiger partial charge on any atom is 0.242 e. The van der Waals surface area contributed by atoms with Crippen molar-refractivity contribution in [2.45, 2.75) is 36.2 Å². The minimum Gasteiger partial charge on any atom is -0.389 e. The summed E-state index contributed by atoms with van der Waals surface area (Å²) in [5, 5.41) is 10.0. The lowest BCUT2D eigenvalue weighted by Gasteiger charge is -2.21. The van der Waals surface area contributed by atoms with E-state index in [0.717, 1.165) is 12.8 Å². The summed E-state index contributed by atoms with van der Waals surface area (Å²) < 4.78 is 25.9. The van der Waals surface area contributed by atoms with Crippen LogP contribution in [0.25, 0.3) is 0 Å². The molecule has 3 N–H and O–H groups in total. The highest BCUT2D eigenvalue weighted by Gasteiger charge is 2.32. The van der Waals surface area contributed by atoms with Crippen LogP contribution in [0.2, 0.25) is 0 Å². The van der Waals surface area contributed by atoms with Gasteiger partial charge >= 0.3 is 0 Å².